The summed E-state index contributed by atoms with van der Waals surface area (Å²) in [5.74, 6) is 1.77. The second kappa shape index (κ2) is 5.50. The number of hydrogen-bond acceptors (Lipinski definition) is 2. The van der Waals surface area contributed by atoms with Gasteiger partial charge in [0.05, 0.1) is 5.60 Å². The third-order valence-electron chi connectivity index (χ3n) is 4.73. The van der Waals surface area contributed by atoms with E-state index in [-0.39, 0.29) is 0 Å². The van der Waals surface area contributed by atoms with E-state index in [9.17, 15) is 5.11 Å². The van der Waals surface area contributed by atoms with E-state index in [1.165, 1.54) is 38.5 Å². The average Bonchev–Trinajstić information content (AvgIpc) is 2.23. The number of nitrogens with one attached hydrogen (secondary N) is 1. The van der Waals surface area contributed by atoms with E-state index >= 15 is 0 Å². The summed E-state index contributed by atoms with van der Waals surface area (Å²) >= 11 is 0. The van der Waals surface area contributed by atoms with Gasteiger partial charge in [0.1, 0.15) is 0 Å². The van der Waals surface area contributed by atoms with E-state index in [0.29, 0.717) is 0 Å². The van der Waals surface area contributed by atoms with Crippen LogP contribution in [0.3, 0.4) is 0 Å². The van der Waals surface area contributed by atoms with Crippen molar-refractivity contribution < 1.29 is 5.11 Å². The summed E-state index contributed by atoms with van der Waals surface area (Å²) in [5.41, 5.74) is -0.393. The third-order valence-corrected chi connectivity index (χ3v) is 4.73. The molecule has 0 amide bonds. The van der Waals surface area contributed by atoms with Crippen LogP contribution in [0.4, 0.5) is 0 Å². The summed E-state index contributed by atoms with van der Waals surface area (Å²) in [7, 11) is 0. The molecule has 0 aromatic rings. The summed E-state index contributed by atoms with van der Waals surface area (Å²) in [4.78, 5) is 0. The zero-order chi connectivity index (χ0) is 11.4. The van der Waals surface area contributed by atoms with Gasteiger partial charge < -0.3 is 10.4 Å². The minimum Gasteiger partial charge on any atom is -0.389 e. The van der Waals surface area contributed by atoms with Crippen LogP contribution in [-0.2, 0) is 0 Å². The van der Waals surface area contributed by atoms with Crippen LogP contribution >= 0.6 is 0 Å². The maximum atomic E-state index is 10.4. The highest BCUT2D eigenvalue weighted by molar-refractivity contribution is 4.87. The molecule has 94 valence electrons. The molecule has 2 heteroatoms. The highest BCUT2D eigenvalue weighted by Crippen LogP contribution is 2.33. The van der Waals surface area contributed by atoms with Crippen LogP contribution in [0.1, 0.15) is 58.3 Å². The minimum absolute atomic E-state index is 0.393. The van der Waals surface area contributed by atoms with Crippen molar-refractivity contribution in [1.82, 2.24) is 5.32 Å². The molecule has 2 nitrogen and oxygen atoms in total. The first-order chi connectivity index (χ1) is 7.72. The maximum Gasteiger partial charge on any atom is 0.0771 e. The molecule has 2 rings (SSSR count). The second-order valence-electron chi connectivity index (χ2n) is 6.00. The molecule has 2 aliphatic carbocycles. The molecule has 16 heavy (non-hydrogen) atoms. The Morgan fingerprint density at radius 2 is 1.81 bits per heavy atom. The number of aliphatic hydroxyl groups is 1. The van der Waals surface area contributed by atoms with E-state index in [1.54, 1.807) is 0 Å². The van der Waals surface area contributed by atoms with Crippen molar-refractivity contribution in [2.45, 2.75) is 63.9 Å². The van der Waals surface area contributed by atoms with Gasteiger partial charge in [-0.3, -0.25) is 0 Å². The van der Waals surface area contributed by atoms with Crippen LogP contribution in [0.5, 0.6) is 0 Å². The molecule has 0 aliphatic heterocycles. The fourth-order valence-corrected chi connectivity index (χ4v) is 3.01. The molecular weight excluding hydrogens is 198 g/mol. The molecule has 2 saturated carbocycles. The van der Waals surface area contributed by atoms with Crippen molar-refractivity contribution >= 4 is 0 Å². The van der Waals surface area contributed by atoms with Crippen LogP contribution < -0.4 is 5.32 Å². The topological polar surface area (TPSA) is 32.3 Å². The van der Waals surface area contributed by atoms with Crippen LogP contribution in [0, 0.1) is 11.8 Å². The Morgan fingerprint density at radius 3 is 2.31 bits per heavy atom. The molecule has 2 aliphatic rings. The zero-order valence-corrected chi connectivity index (χ0v) is 10.7. The standard InChI is InChI=1S/C14H27NO/c1-2-12-6-8-14(16,9-7-12)11-15-10-13-4-3-5-13/h12-13,15-16H,2-11H2,1H3. The van der Waals surface area contributed by atoms with Crippen molar-refractivity contribution in [2.24, 2.45) is 11.8 Å². The zero-order valence-electron chi connectivity index (χ0n) is 10.7. The van der Waals surface area contributed by atoms with Crippen LogP contribution in [0.2, 0.25) is 0 Å². The lowest BCUT2D eigenvalue weighted by Gasteiger charge is -2.37. The fourth-order valence-electron chi connectivity index (χ4n) is 3.01. The lowest BCUT2D eigenvalue weighted by Crippen LogP contribution is -2.45. The van der Waals surface area contributed by atoms with Gasteiger partial charge >= 0.3 is 0 Å². The number of hydrogen-bond donors (Lipinski definition) is 2. The largest absolute Gasteiger partial charge is 0.389 e. The van der Waals surface area contributed by atoms with Crippen molar-refractivity contribution in [3.63, 3.8) is 0 Å². The Kier molecular flexibility index (Phi) is 4.26. The Balaban J connectivity index is 1.63. The monoisotopic (exact) mass is 225 g/mol. The highest BCUT2D eigenvalue weighted by Gasteiger charge is 2.32. The predicted molar refractivity (Wildman–Crippen MR) is 67.4 cm³/mol. The number of rotatable bonds is 5. The van der Waals surface area contributed by atoms with Gasteiger partial charge in [0.25, 0.3) is 0 Å². The Hall–Kier alpha value is -0.0800. The molecular formula is C14H27NO. The molecule has 0 spiro atoms. The molecule has 0 aromatic carbocycles. The van der Waals surface area contributed by atoms with E-state index in [0.717, 1.165) is 37.8 Å². The van der Waals surface area contributed by atoms with Crippen molar-refractivity contribution in [3.05, 3.63) is 0 Å². The van der Waals surface area contributed by atoms with Gasteiger partial charge in [-0.25, -0.2) is 0 Å². The summed E-state index contributed by atoms with van der Waals surface area (Å²) in [5, 5.41) is 13.9. The van der Waals surface area contributed by atoms with Crippen LogP contribution in [0.25, 0.3) is 0 Å². The normalized spacial score (nSPS) is 36.0. The molecule has 2 fully saturated rings. The Morgan fingerprint density at radius 1 is 1.12 bits per heavy atom. The van der Waals surface area contributed by atoms with Gasteiger partial charge in [-0.2, -0.15) is 0 Å². The Labute approximate surface area is 99.8 Å². The smallest absolute Gasteiger partial charge is 0.0771 e. The van der Waals surface area contributed by atoms with Gasteiger partial charge in [0, 0.05) is 6.54 Å². The third kappa shape index (κ3) is 3.21. The van der Waals surface area contributed by atoms with E-state index in [4.69, 9.17) is 0 Å². The van der Waals surface area contributed by atoms with E-state index < -0.39 is 5.60 Å². The predicted octanol–water partition coefficient (Wildman–Crippen LogP) is 2.71. The summed E-state index contributed by atoms with van der Waals surface area (Å²) in [6.45, 7) is 4.21. The van der Waals surface area contributed by atoms with Crippen molar-refractivity contribution in [2.75, 3.05) is 13.1 Å². The highest BCUT2D eigenvalue weighted by atomic mass is 16.3. The van der Waals surface area contributed by atoms with Crippen LogP contribution in [-0.4, -0.2) is 23.8 Å². The molecule has 0 atom stereocenters. The second-order valence-corrected chi connectivity index (χ2v) is 6.00. The van der Waals surface area contributed by atoms with Gasteiger partial charge in [-0.15, -0.1) is 0 Å². The van der Waals surface area contributed by atoms with Crippen LogP contribution in [0.15, 0.2) is 0 Å². The van der Waals surface area contributed by atoms with Crippen molar-refractivity contribution in [1.29, 1.82) is 0 Å². The lowest BCUT2D eigenvalue weighted by molar-refractivity contribution is -0.00967. The van der Waals surface area contributed by atoms with E-state index in [1.807, 2.05) is 0 Å². The van der Waals surface area contributed by atoms with Gasteiger partial charge in [0.15, 0.2) is 0 Å². The molecule has 0 unspecified atom stereocenters. The molecule has 0 bridgehead atoms. The lowest BCUT2D eigenvalue weighted by atomic mass is 9.77. The average molecular weight is 225 g/mol. The molecule has 0 heterocycles. The van der Waals surface area contributed by atoms with Gasteiger partial charge in [-0.05, 0) is 56.9 Å². The fraction of sp³-hybridized carbons (Fsp3) is 1.00. The molecule has 0 aromatic heterocycles. The van der Waals surface area contributed by atoms with E-state index in [2.05, 4.69) is 12.2 Å². The minimum atomic E-state index is -0.393. The summed E-state index contributed by atoms with van der Waals surface area (Å²) in [6, 6.07) is 0. The summed E-state index contributed by atoms with van der Waals surface area (Å²) < 4.78 is 0. The Bertz CT molecular complexity index is 205. The SMILES string of the molecule is CCC1CCC(O)(CNCC2CCC2)CC1. The summed E-state index contributed by atoms with van der Waals surface area (Å²) in [6.07, 6.45) is 9.93. The molecule has 0 saturated heterocycles. The maximum absolute atomic E-state index is 10.4. The molecule has 2 N–H and O–H groups in total. The van der Waals surface area contributed by atoms with Gasteiger partial charge in [-0.1, -0.05) is 19.8 Å². The first-order valence-electron chi connectivity index (χ1n) is 7.15. The first kappa shape index (κ1) is 12.4. The van der Waals surface area contributed by atoms with Crippen molar-refractivity contribution in [3.8, 4) is 0 Å². The quantitative estimate of drug-likeness (QED) is 0.754. The first-order valence-corrected chi connectivity index (χ1v) is 7.15. The molecule has 0 radical (unpaired) electrons. The van der Waals surface area contributed by atoms with Gasteiger partial charge in [0.2, 0.25) is 0 Å².